The van der Waals surface area contributed by atoms with Crippen molar-refractivity contribution in [3.05, 3.63) is 134 Å². The molecule has 3 N–H and O–H groups in total. The first-order valence-corrected chi connectivity index (χ1v) is 30.5. The summed E-state index contributed by atoms with van der Waals surface area (Å²) in [6, 6.07) is -0.788. The van der Waals surface area contributed by atoms with Gasteiger partial charge in [0.15, 0.2) is 0 Å². The molecule has 9 heteroatoms. The summed E-state index contributed by atoms with van der Waals surface area (Å²) in [6.45, 7) is 4.73. The molecule has 3 atom stereocenters. The van der Waals surface area contributed by atoms with Gasteiger partial charge in [0.05, 0.1) is 39.9 Å². The lowest BCUT2D eigenvalue weighted by molar-refractivity contribution is -0.870. The van der Waals surface area contributed by atoms with E-state index in [1.54, 1.807) is 0 Å². The van der Waals surface area contributed by atoms with Gasteiger partial charge in [0, 0.05) is 6.42 Å². The Bertz CT molecular complexity index is 1640. The van der Waals surface area contributed by atoms with E-state index in [4.69, 9.17) is 9.05 Å². The SMILES string of the molecule is CC/C=C\C/C=C\C/C=C\C/C=C\C/C=C\C/C=C\C/C=C\C/C=C\C/C=C\C/C=C\C/C=C\CCCCCC(=O)NC(COP(=O)(O)OCC[N+](C)(C)C)C(O)CCCCCCCCCCCCCCCC. The van der Waals surface area contributed by atoms with Crippen LogP contribution >= 0.6 is 7.82 Å². The molecule has 3 unspecified atom stereocenters. The second-order valence-corrected chi connectivity index (χ2v) is 21.7. The summed E-state index contributed by atoms with van der Waals surface area (Å²) < 4.78 is 23.7. The molecule has 0 heterocycles. The molecule has 0 aromatic carbocycles. The molecule has 0 rings (SSSR count). The number of amides is 1. The zero-order valence-corrected chi connectivity index (χ0v) is 48.2. The molecular weight excluding hydrogens is 924 g/mol. The molecule has 0 aromatic rings. The summed E-state index contributed by atoms with van der Waals surface area (Å²) in [4.78, 5) is 23.3. The number of carbonyl (C=O) groups excluding carboxylic acids is 1. The number of hydrogen-bond acceptors (Lipinski definition) is 5. The summed E-state index contributed by atoms with van der Waals surface area (Å²) >= 11 is 0. The van der Waals surface area contributed by atoms with Crippen LogP contribution in [0, 0.1) is 0 Å². The van der Waals surface area contributed by atoms with Crippen molar-refractivity contribution < 1.29 is 32.9 Å². The van der Waals surface area contributed by atoms with Crippen LogP contribution in [-0.4, -0.2) is 73.4 Å². The minimum atomic E-state index is -4.34. The molecule has 8 nitrogen and oxygen atoms in total. The molecule has 0 aliphatic carbocycles. The van der Waals surface area contributed by atoms with Gasteiger partial charge in [0.25, 0.3) is 0 Å². The van der Waals surface area contributed by atoms with Gasteiger partial charge in [-0.3, -0.25) is 13.8 Å². The average molecular weight is 1030 g/mol. The zero-order valence-electron chi connectivity index (χ0n) is 47.3. The lowest BCUT2D eigenvalue weighted by Gasteiger charge is -2.26. The minimum Gasteiger partial charge on any atom is -0.391 e. The maximum atomic E-state index is 13.0. The smallest absolute Gasteiger partial charge is 0.391 e. The number of nitrogens with zero attached hydrogens (tertiary/aromatic N) is 1. The number of nitrogens with one attached hydrogen (secondary N) is 1. The number of unbranched alkanes of at least 4 members (excludes halogenated alkanes) is 16. The summed E-state index contributed by atoms with van der Waals surface area (Å²) in [6.07, 6.45) is 80.8. The standard InChI is InChI=1S/C64H109N2O6P/c1-6-8-10-12-14-16-18-20-22-23-24-25-26-27-28-29-30-31-32-33-34-35-36-37-38-39-40-41-42-43-44-46-48-50-52-54-56-58-64(68)65-62(61-72-73(69,70)71-60-59-66(3,4)5)63(67)57-55-53-51-49-47-45-21-19-17-15-13-11-9-7-2/h8,10,14,16,20,22,24-25,27-28,30-31,33-34,36-37,39-40,42-43,46,48,62-63,67H,6-7,9,11-13,15,17-19,21,23,26,29,32,35,38,41,44-45,47,49-61H2,1-5H3,(H-,65,68,69,70)/p+1/b10-8-,16-14-,22-20-,25-24-,28-27-,31-30-,34-33-,37-36-,40-39-,43-42-,48-46-. The van der Waals surface area contributed by atoms with E-state index in [1.165, 1.54) is 70.6 Å². The molecule has 73 heavy (non-hydrogen) atoms. The van der Waals surface area contributed by atoms with Gasteiger partial charge in [-0.2, -0.15) is 0 Å². The van der Waals surface area contributed by atoms with Gasteiger partial charge in [0.1, 0.15) is 13.2 Å². The highest BCUT2D eigenvalue weighted by atomic mass is 31.2. The maximum Gasteiger partial charge on any atom is 0.472 e. The van der Waals surface area contributed by atoms with Crippen molar-refractivity contribution in [2.24, 2.45) is 0 Å². The van der Waals surface area contributed by atoms with Crippen molar-refractivity contribution in [2.75, 3.05) is 40.9 Å². The highest BCUT2D eigenvalue weighted by Crippen LogP contribution is 2.43. The fourth-order valence-electron chi connectivity index (χ4n) is 7.64. The molecule has 0 aromatic heterocycles. The number of hydrogen-bond donors (Lipinski definition) is 3. The van der Waals surface area contributed by atoms with Gasteiger partial charge in [-0.1, -0.05) is 244 Å². The van der Waals surface area contributed by atoms with E-state index in [0.717, 1.165) is 116 Å². The first kappa shape index (κ1) is 69.6. The number of rotatable bonds is 51. The third kappa shape index (κ3) is 56.2. The van der Waals surface area contributed by atoms with Crippen LogP contribution in [0.1, 0.15) is 213 Å². The van der Waals surface area contributed by atoms with Crippen molar-refractivity contribution >= 4 is 13.7 Å². The highest BCUT2D eigenvalue weighted by molar-refractivity contribution is 7.47. The van der Waals surface area contributed by atoms with Crippen molar-refractivity contribution in [1.82, 2.24) is 5.32 Å². The quantitative estimate of drug-likeness (QED) is 0.0243. The number of aliphatic hydroxyl groups excluding tert-OH is 1. The fourth-order valence-corrected chi connectivity index (χ4v) is 8.37. The summed E-state index contributed by atoms with van der Waals surface area (Å²) in [7, 11) is 1.57. The number of aliphatic hydroxyl groups is 1. The fraction of sp³-hybridized carbons (Fsp3) is 0.641. The Morgan fingerprint density at radius 3 is 1.19 bits per heavy atom. The van der Waals surface area contributed by atoms with Gasteiger partial charge in [-0.05, 0) is 96.3 Å². The number of likely N-dealkylation sites (N-methyl/N-ethyl adjacent to an activating group) is 1. The molecular formula is C64H110N2O6P+. The maximum absolute atomic E-state index is 13.0. The third-order valence-electron chi connectivity index (χ3n) is 12.2. The molecule has 0 aliphatic rings. The van der Waals surface area contributed by atoms with Crippen LogP contribution in [-0.2, 0) is 18.4 Å². The van der Waals surface area contributed by atoms with Crippen LogP contribution in [0.5, 0.6) is 0 Å². The van der Waals surface area contributed by atoms with E-state index in [1.807, 2.05) is 21.1 Å². The molecule has 0 saturated carbocycles. The zero-order chi connectivity index (χ0) is 53.5. The highest BCUT2D eigenvalue weighted by Gasteiger charge is 2.28. The number of phosphoric acid groups is 1. The summed E-state index contributed by atoms with van der Waals surface area (Å²) in [5.74, 6) is -0.182. The topological polar surface area (TPSA) is 105 Å². The van der Waals surface area contributed by atoms with Gasteiger partial charge in [-0.15, -0.1) is 0 Å². The van der Waals surface area contributed by atoms with E-state index < -0.39 is 20.0 Å². The monoisotopic (exact) mass is 1030 g/mol. The molecule has 1 amide bonds. The van der Waals surface area contributed by atoms with Crippen LogP contribution < -0.4 is 5.32 Å². The molecule has 0 saturated heterocycles. The average Bonchev–Trinajstić information content (AvgIpc) is 3.35. The van der Waals surface area contributed by atoms with Gasteiger partial charge in [-0.25, -0.2) is 4.57 Å². The van der Waals surface area contributed by atoms with Crippen LogP contribution in [0.25, 0.3) is 0 Å². The van der Waals surface area contributed by atoms with Crippen molar-refractivity contribution in [2.45, 2.75) is 225 Å². The van der Waals surface area contributed by atoms with Crippen molar-refractivity contribution in [1.29, 1.82) is 0 Å². The Morgan fingerprint density at radius 1 is 0.479 bits per heavy atom. The molecule has 0 aliphatic heterocycles. The van der Waals surface area contributed by atoms with Crippen LogP contribution in [0.15, 0.2) is 134 Å². The molecule has 0 fully saturated rings. The second-order valence-electron chi connectivity index (χ2n) is 20.3. The van der Waals surface area contributed by atoms with Gasteiger partial charge >= 0.3 is 7.82 Å². The first-order chi connectivity index (χ1) is 35.5. The Hall–Kier alpha value is -3.36. The van der Waals surface area contributed by atoms with E-state index >= 15 is 0 Å². The molecule has 0 spiro atoms. The summed E-state index contributed by atoms with van der Waals surface area (Å²) in [5.41, 5.74) is 0. The second kappa shape index (κ2) is 53.5. The van der Waals surface area contributed by atoms with Crippen LogP contribution in [0.3, 0.4) is 0 Å². The minimum absolute atomic E-state index is 0.0607. The van der Waals surface area contributed by atoms with E-state index in [2.05, 4.69) is 153 Å². The van der Waals surface area contributed by atoms with Crippen LogP contribution in [0.2, 0.25) is 0 Å². The Kier molecular flexibility index (Phi) is 51.0. The van der Waals surface area contributed by atoms with Crippen molar-refractivity contribution in [3.63, 3.8) is 0 Å². The predicted octanol–water partition coefficient (Wildman–Crippen LogP) is 17.9. The number of quaternary nitrogens is 1. The lowest BCUT2D eigenvalue weighted by atomic mass is 10.0. The van der Waals surface area contributed by atoms with Gasteiger partial charge in [0.2, 0.25) is 5.91 Å². The number of carbonyl (C=O) groups is 1. The largest absolute Gasteiger partial charge is 0.472 e. The predicted molar refractivity (Wildman–Crippen MR) is 318 cm³/mol. The van der Waals surface area contributed by atoms with Crippen molar-refractivity contribution in [3.8, 4) is 0 Å². The normalized spacial score (nSPS) is 14.9. The molecule has 0 radical (unpaired) electrons. The Balaban J connectivity index is 4.23. The van der Waals surface area contributed by atoms with Gasteiger partial charge < -0.3 is 19.8 Å². The van der Waals surface area contributed by atoms with E-state index in [-0.39, 0.29) is 19.1 Å². The van der Waals surface area contributed by atoms with E-state index in [9.17, 15) is 19.4 Å². The Morgan fingerprint density at radius 2 is 0.822 bits per heavy atom. The molecule has 416 valence electrons. The first-order valence-electron chi connectivity index (χ1n) is 29.0. The van der Waals surface area contributed by atoms with Crippen LogP contribution in [0.4, 0.5) is 0 Å². The number of allylic oxidation sites excluding steroid dienone is 22. The van der Waals surface area contributed by atoms with E-state index in [0.29, 0.717) is 23.9 Å². The summed E-state index contributed by atoms with van der Waals surface area (Å²) in [5, 5.41) is 14.0. The lowest BCUT2D eigenvalue weighted by Crippen LogP contribution is -2.46. The number of phosphoric ester groups is 1. The third-order valence-corrected chi connectivity index (χ3v) is 13.1. The Labute approximate surface area is 449 Å². The molecule has 0 bridgehead atoms.